The molecule has 1 amide bonds. The first-order valence-electron chi connectivity index (χ1n) is 12.2. The number of nitrogens with zero attached hydrogens (tertiary/aromatic N) is 2. The number of aromatic nitrogens is 2. The van der Waals surface area contributed by atoms with E-state index in [2.05, 4.69) is 10.2 Å². The minimum atomic E-state index is -4.38. The van der Waals surface area contributed by atoms with Gasteiger partial charge in [-0.15, -0.1) is 0 Å². The molecule has 1 N–H and O–H groups in total. The molecule has 1 aromatic heterocycles. The number of hydrogen-bond acceptors (Lipinski definition) is 3. The second kappa shape index (κ2) is 9.92. The Bertz CT molecular complexity index is 1040. The second-order valence-corrected chi connectivity index (χ2v) is 9.95. The van der Waals surface area contributed by atoms with Crippen molar-refractivity contribution >= 4 is 11.7 Å². The van der Waals surface area contributed by atoms with Gasteiger partial charge in [0.05, 0.1) is 5.56 Å². The quantitative estimate of drug-likeness (QED) is 0.595. The first-order chi connectivity index (χ1) is 16.1. The Kier molecular flexibility index (Phi) is 7.14. The number of nitrogens with one attached hydrogen (secondary N) is 1. The molecule has 0 saturated carbocycles. The van der Waals surface area contributed by atoms with Crippen LogP contribution in [0.25, 0.3) is 0 Å². The van der Waals surface area contributed by atoms with Crippen LogP contribution in [0.1, 0.15) is 84.7 Å². The molecule has 2 aliphatic rings. The Labute approximate surface area is 198 Å². The lowest BCUT2D eigenvalue weighted by Gasteiger charge is -2.33. The lowest BCUT2D eigenvalue weighted by Crippen LogP contribution is -2.39. The first kappa shape index (κ1) is 24.5. The number of benzene rings is 1. The predicted molar refractivity (Wildman–Crippen MR) is 123 cm³/mol. The summed E-state index contributed by atoms with van der Waals surface area (Å²) in [6.07, 6.45) is 0.525. The van der Waals surface area contributed by atoms with E-state index < -0.39 is 11.7 Å². The van der Waals surface area contributed by atoms with E-state index in [0.29, 0.717) is 49.5 Å². The molecule has 2 aromatic rings. The van der Waals surface area contributed by atoms with Crippen LogP contribution in [0.15, 0.2) is 24.3 Å². The Balaban J connectivity index is 1.37. The molecule has 34 heavy (non-hydrogen) atoms. The standard InChI is InChI=1S/C26H32F3N3O2/c1-16(2)23(33)10-8-17-7-9-20-22(15-17)30-31-24(20)25(34)32-13-11-18(12-14-32)19-5-3-4-6-21(19)26(27,28)29/h3-6,16-18H,7-15H2,1-2H3,(H,30,31). The Morgan fingerprint density at radius 3 is 2.53 bits per heavy atom. The van der Waals surface area contributed by atoms with Crippen molar-refractivity contribution in [3.63, 3.8) is 0 Å². The van der Waals surface area contributed by atoms with E-state index in [0.717, 1.165) is 43.0 Å². The number of carbonyl (C=O) groups is 2. The maximum Gasteiger partial charge on any atom is 0.416 e. The molecule has 1 aliphatic carbocycles. The number of likely N-dealkylation sites (tertiary alicyclic amines) is 1. The van der Waals surface area contributed by atoms with Crippen LogP contribution in [-0.2, 0) is 23.8 Å². The molecular weight excluding hydrogens is 443 g/mol. The zero-order valence-corrected chi connectivity index (χ0v) is 19.8. The number of carbonyl (C=O) groups excluding carboxylic acids is 2. The van der Waals surface area contributed by atoms with E-state index in [1.54, 1.807) is 17.0 Å². The van der Waals surface area contributed by atoms with Gasteiger partial charge in [-0.1, -0.05) is 32.0 Å². The molecular formula is C26H32F3N3O2. The summed E-state index contributed by atoms with van der Waals surface area (Å²) in [6.45, 7) is 4.67. The number of ketones is 1. The van der Waals surface area contributed by atoms with Crippen LogP contribution in [0, 0.1) is 11.8 Å². The van der Waals surface area contributed by atoms with E-state index in [-0.39, 0.29) is 23.5 Å². The minimum Gasteiger partial charge on any atom is -0.337 e. The molecule has 1 aliphatic heterocycles. The summed E-state index contributed by atoms with van der Waals surface area (Å²) in [5.74, 6) is 0.384. The third-order valence-electron chi connectivity index (χ3n) is 7.38. The highest BCUT2D eigenvalue weighted by molar-refractivity contribution is 5.94. The molecule has 1 unspecified atom stereocenters. The van der Waals surface area contributed by atoms with Crippen LogP contribution in [-0.4, -0.2) is 39.9 Å². The highest BCUT2D eigenvalue weighted by atomic mass is 19.4. The van der Waals surface area contributed by atoms with Gasteiger partial charge in [0.15, 0.2) is 5.69 Å². The van der Waals surface area contributed by atoms with E-state index in [4.69, 9.17) is 0 Å². The van der Waals surface area contributed by atoms with Gasteiger partial charge < -0.3 is 4.90 Å². The number of rotatable bonds is 6. The summed E-state index contributed by atoms with van der Waals surface area (Å²) < 4.78 is 40.2. The third-order valence-corrected chi connectivity index (χ3v) is 7.38. The van der Waals surface area contributed by atoms with Gasteiger partial charge in [0.2, 0.25) is 0 Å². The average molecular weight is 476 g/mol. The summed E-state index contributed by atoms with van der Waals surface area (Å²) in [5.41, 5.74) is 2.12. The summed E-state index contributed by atoms with van der Waals surface area (Å²) >= 11 is 0. The highest BCUT2D eigenvalue weighted by Crippen LogP contribution is 2.39. The fourth-order valence-electron chi connectivity index (χ4n) is 5.29. The zero-order valence-electron chi connectivity index (χ0n) is 19.8. The summed E-state index contributed by atoms with van der Waals surface area (Å²) in [4.78, 5) is 26.9. The van der Waals surface area contributed by atoms with Crippen LogP contribution in [0.3, 0.4) is 0 Å². The number of halogens is 3. The van der Waals surface area contributed by atoms with Crippen molar-refractivity contribution in [2.75, 3.05) is 13.1 Å². The van der Waals surface area contributed by atoms with Crippen molar-refractivity contribution in [1.82, 2.24) is 15.1 Å². The van der Waals surface area contributed by atoms with Gasteiger partial charge in [0, 0.05) is 36.7 Å². The largest absolute Gasteiger partial charge is 0.416 e. The summed E-state index contributed by atoms with van der Waals surface area (Å²) in [7, 11) is 0. The number of Topliss-reactive ketones (excluding diaryl/α,β-unsaturated/α-hetero) is 1. The van der Waals surface area contributed by atoms with Crippen molar-refractivity contribution in [2.24, 2.45) is 11.8 Å². The molecule has 1 aromatic carbocycles. The number of H-pyrrole nitrogens is 1. The minimum absolute atomic E-state index is 0.0570. The number of fused-ring (bicyclic) bond motifs is 1. The van der Waals surface area contributed by atoms with Gasteiger partial charge >= 0.3 is 6.18 Å². The van der Waals surface area contributed by atoms with Crippen molar-refractivity contribution in [3.05, 3.63) is 52.3 Å². The lowest BCUT2D eigenvalue weighted by molar-refractivity contribution is -0.138. The number of alkyl halides is 3. The fraction of sp³-hybridized carbons (Fsp3) is 0.577. The average Bonchev–Trinajstić information content (AvgIpc) is 3.25. The lowest BCUT2D eigenvalue weighted by atomic mass is 9.83. The van der Waals surface area contributed by atoms with Crippen LogP contribution < -0.4 is 0 Å². The molecule has 1 fully saturated rings. The smallest absolute Gasteiger partial charge is 0.337 e. The SMILES string of the molecule is CC(C)C(=O)CCC1CCc2c(C(=O)N3CCC(c4ccccc4C(F)(F)F)CC3)n[nH]c2C1. The first-order valence-corrected chi connectivity index (χ1v) is 12.2. The van der Waals surface area contributed by atoms with E-state index in [1.807, 2.05) is 13.8 Å². The molecule has 8 heteroatoms. The Morgan fingerprint density at radius 1 is 1.15 bits per heavy atom. The number of hydrogen-bond donors (Lipinski definition) is 1. The van der Waals surface area contributed by atoms with Gasteiger partial charge in [-0.3, -0.25) is 14.7 Å². The molecule has 0 radical (unpaired) electrons. The topological polar surface area (TPSA) is 66.1 Å². The van der Waals surface area contributed by atoms with Gasteiger partial charge in [-0.25, -0.2) is 0 Å². The normalized spacial score (nSPS) is 19.4. The summed E-state index contributed by atoms with van der Waals surface area (Å²) in [6, 6.07) is 5.75. The predicted octanol–water partition coefficient (Wildman–Crippen LogP) is 5.56. The third kappa shape index (κ3) is 5.20. The van der Waals surface area contributed by atoms with Crippen molar-refractivity contribution in [1.29, 1.82) is 0 Å². The van der Waals surface area contributed by atoms with Crippen LogP contribution in [0.4, 0.5) is 13.2 Å². The van der Waals surface area contributed by atoms with E-state index in [1.165, 1.54) is 6.07 Å². The monoisotopic (exact) mass is 475 g/mol. The number of piperidine rings is 1. The molecule has 1 atom stereocenters. The van der Waals surface area contributed by atoms with Gasteiger partial charge in [-0.05, 0) is 62.0 Å². The Hall–Kier alpha value is -2.64. The molecule has 5 nitrogen and oxygen atoms in total. The van der Waals surface area contributed by atoms with E-state index >= 15 is 0 Å². The molecule has 4 rings (SSSR count). The number of amides is 1. The molecule has 0 spiro atoms. The maximum absolute atomic E-state index is 13.4. The maximum atomic E-state index is 13.4. The zero-order chi connectivity index (χ0) is 24.5. The highest BCUT2D eigenvalue weighted by Gasteiger charge is 2.37. The van der Waals surface area contributed by atoms with E-state index in [9.17, 15) is 22.8 Å². The van der Waals surface area contributed by atoms with Crippen molar-refractivity contribution in [2.45, 2.75) is 70.9 Å². The van der Waals surface area contributed by atoms with Gasteiger partial charge in [0.1, 0.15) is 5.78 Å². The molecule has 1 saturated heterocycles. The fourth-order valence-corrected chi connectivity index (χ4v) is 5.29. The number of aromatic amines is 1. The molecule has 2 heterocycles. The van der Waals surface area contributed by atoms with Crippen LogP contribution in [0.5, 0.6) is 0 Å². The van der Waals surface area contributed by atoms with Crippen LogP contribution in [0.2, 0.25) is 0 Å². The van der Waals surface area contributed by atoms with Crippen molar-refractivity contribution in [3.8, 4) is 0 Å². The molecule has 184 valence electrons. The van der Waals surface area contributed by atoms with Gasteiger partial charge in [-0.2, -0.15) is 18.3 Å². The summed E-state index contributed by atoms with van der Waals surface area (Å²) in [5, 5.41) is 7.36. The van der Waals surface area contributed by atoms with Crippen LogP contribution >= 0.6 is 0 Å². The second-order valence-electron chi connectivity index (χ2n) is 9.95. The Morgan fingerprint density at radius 2 is 1.85 bits per heavy atom. The van der Waals surface area contributed by atoms with Crippen molar-refractivity contribution < 1.29 is 22.8 Å². The van der Waals surface area contributed by atoms with Gasteiger partial charge in [0.25, 0.3) is 5.91 Å². The molecule has 0 bridgehead atoms.